The van der Waals surface area contributed by atoms with Gasteiger partial charge in [0.15, 0.2) is 6.29 Å². The predicted octanol–water partition coefficient (Wildman–Crippen LogP) is 1.07. The van der Waals surface area contributed by atoms with Crippen molar-refractivity contribution in [3.05, 3.63) is 29.8 Å². The minimum atomic E-state index is -3.78. The number of rotatable bonds is 3. The second-order valence-corrected chi connectivity index (χ2v) is 5.31. The summed E-state index contributed by atoms with van der Waals surface area (Å²) in [6, 6.07) is 6.45. The van der Waals surface area contributed by atoms with Crippen LogP contribution in [0.3, 0.4) is 0 Å². The van der Waals surface area contributed by atoms with E-state index in [0.29, 0.717) is 13.2 Å². The monoisotopic (exact) mass is 258 g/mol. The normalized spacial score (nSPS) is 21.4. The fraction of sp³-hybridized carbons (Fsp3) is 0.455. The van der Waals surface area contributed by atoms with Crippen molar-refractivity contribution in [2.75, 3.05) is 19.8 Å². The molecule has 1 aliphatic rings. The van der Waals surface area contributed by atoms with E-state index >= 15 is 0 Å². The summed E-state index contributed by atoms with van der Waals surface area (Å²) in [4.78, 5) is 0.122. The molecular weight excluding hydrogens is 244 g/mol. The Morgan fingerprint density at radius 1 is 1.24 bits per heavy atom. The Balaban J connectivity index is 2.10. The first-order valence-corrected chi connectivity index (χ1v) is 6.68. The molecule has 1 fully saturated rings. The first kappa shape index (κ1) is 12.5. The zero-order chi connectivity index (χ0) is 12.3. The Morgan fingerprint density at radius 2 is 1.94 bits per heavy atom. The van der Waals surface area contributed by atoms with Crippen molar-refractivity contribution in [3.8, 4) is 0 Å². The van der Waals surface area contributed by atoms with Crippen molar-refractivity contribution in [2.45, 2.75) is 18.1 Å². The van der Waals surface area contributed by atoms with Crippen molar-refractivity contribution in [3.63, 3.8) is 0 Å². The van der Waals surface area contributed by atoms with Crippen molar-refractivity contribution in [1.29, 1.82) is 0 Å². The van der Waals surface area contributed by atoms with E-state index in [1.165, 1.54) is 12.1 Å². The topological polar surface area (TPSA) is 61.8 Å². The summed E-state index contributed by atoms with van der Waals surface area (Å²) in [5.74, 6) is 0. The highest BCUT2D eigenvalue weighted by atomic mass is 32.2. The fourth-order valence-corrected chi connectivity index (χ4v) is 2.40. The molecule has 5 nitrogen and oxygen atoms in total. The van der Waals surface area contributed by atoms with E-state index in [9.17, 15) is 8.42 Å². The lowest BCUT2D eigenvalue weighted by molar-refractivity contribution is -0.168. The smallest absolute Gasteiger partial charge is 0.299 e. The van der Waals surface area contributed by atoms with Gasteiger partial charge in [-0.1, -0.05) is 17.7 Å². The van der Waals surface area contributed by atoms with Gasteiger partial charge in [-0.05, 0) is 19.1 Å². The highest BCUT2D eigenvalue weighted by molar-refractivity contribution is 7.86. The van der Waals surface area contributed by atoms with Crippen molar-refractivity contribution < 1.29 is 22.1 Å². The van der Waals surface area contributed by atoms with Crippen LogP contribution in [0.15, 0.2) is 29.2 Å². The number of ether oxygens (including phenoxy) is 2. The summed E-state index contributed by atoms with van der Waals surface area (Å²) in [5, 5.41) is 0. The molecule has 1 aromatic carbocycles. The summed E-state index contributed by atoms with van der Waals surface area (Å²) < 4.78 is 38.8. The molecule has 1 aliphatic heterocycles. The van der Waals surface area contributed by atoms with Gasteiger partial charge in [-0.15, -0.1) is 0 Å². The molecule has 17 heavy (non-hydrogen) atoms. The summed E-state index contributed by atoms with van der Waals surface area (Å²) in [6.07, 6.45) is -0.852. The lowest BCUT2D eigenvalue weighted by Gasteiger charge is -2.22. The third-order valence-corrected chi connectivity index (χ3v) is 3.65. The maximum Gasteiger partial charge on any atom is 0.299 e. The lowest BCUT2D eigenvalue weighted by atomic mass is 10.2. The van der Waals surface area contributed by atoms with Gasteiger partial charge in [0.05, 0.1) is 24.7 Å². The van der Waals surface area contributed by atoms with Crippen LogP contribution < -0.4 is 0 Å². The van der Waals surface area contributed by atoms with E-state index in [1.807, 2.05) is 6.92 Å². The summed E-state index contributed by atoms with van der Waals surface area (Å²) in [6.45, 7) is 2.82. The number of aryl methyl sites for hydroxylation is 1. The maximum atomic E-state index is 11.9. The first-order valence-electron chi connectivity index (χ1n) is 5.27. The SMILES string of the molecule is Cc1ccc(S(=O)(=O)OC2COCCO2)cc1. The van der Waals surface area contributed by atoms with Crippen LogP contribution in [0.2, 0.25) is 0 Å². The molecule has 6 heteroatoms. The highest BCUT2D eigenvalue weighted by Gasteiger charge is 2.24. The van der Waals surface area contributed by atoms with Crippen molar-refractivity contribution in [2.24, 2.45) is 0 Å². The van der Waals surface area contributed by atoms with Crippen LogP contribution in [-0.4, -0.2) is 34.5 Å². The van der Waals surface area contributed by atoms with E-state index < -0.39 is 16.4 Å². The Labute approximate surface area is 100 Å². The summed E-state index contributed by atoms with van der Waals surface area (Å²) in [5.41, 5.74) is 0.987. The van der Waals surface area contributed by atoms with Crippen LogP contribution in [-0.2, 0) is 23.8 Å². The van der Waals surface area contributed by atoms with Crippen molar-refractivity contribution >= 4 is 10.1 Å². The highest BCUT2D eigenvalue weighted by Crippen LogP contribution is 2.16. The van der Waals surface area contributed by atoms with E-state index in [1.54, 1.807) is 12.1 Å². The fourth-order valence-electron chi connectivity index (χ4n) is 1.42. The van der Waals surface area contributed by atoms with Gasteiger partial charge in [0.2, 0.25) is 0 Å². The summed E-state index contributed by atoms with van der Waals surface area (Å²) in [7, 11) is -3.78. The molecule has 0 N–H and O–H groups in total. The molecule has 0 saturated carbocycles. The molecule has 0 aliphatic carbocycles. The van der Waals surface area contributed by atoms with Gasteiger partial charge in [0.1, 0.15) is 0 Å². The molecule has 1 aromatic rings. The van der Waals surface area contributed by atoms with E-state index in [4.69, 9.17) is 13.7 Å². The molecule has 0 bridgehead atoms. The van der Waals surface area contributed by atoms with Gasteiger partial charge in [-0.3, -0.25) is 0 Å². The second kappa shape index (κ2) is 5.14. The molecule has 1 atom stereocenters. The maximum absolute atomic E-state index is 11.9. The Hall–Kier alpha value is -0.950. The number of hydrogen-bond donors (Lipinski definition) is 0. The van der Waals surface area contributed by atoms with E-state index in [2.05, 4.69) is 0 Å². The van der Waals surface area contributed by atoms with Gasteiger partial charge >= 0.3 is 0 Å². The third-order valence-electron chi connectivity index (χ3n) is 2.33. The Bertz CT molecular complexity index is 459. The van der Waals surface area contributed by atoms with Gasteiger partial charge in [-0.2, -0.15) is 8.42 Å². The molecule has 1 saturated heterocycles. The van der Waals surface area contributed by atoms with Gasteiger partial charge in [0, 0.05) is 0 Å². The molecular formula is C11H14O5S. The van der Waals surface area contributed by atoms with Crippen LogP contribution in [0.25, 0.3) is 0 Å². The Morgan fingerprint density at radius 3 is 2.53 bits per heavy atom. The molecule has 0 spiro atoms. The Kier molecular flexibility index (Phi) is 3.78. The van der Waals surface area contributed by atoms with Gasteiger partial charge in [-0.25, -0.2) is 4.18 Å². The lowest BCUT2D eigenvalue weighted by Crippen LogP contribution is -2.32. The average Bonchev–Trinajstić information content (AvgIpc) is 2.30. The minimum absolute atomic E-state index is 0.122. The largest absolute Gasteiger partial charge is 0.374 e. The van der Waals surface area contributed by atoms with Crippen LogP contribution >= 0.6 is 0 Å². The zero-order valence-electron chi connectivity index (χ0n) is 9.46. The predicted molar refractivity (Wildman–Crippen MR) is 60.0 cm³/mol. The standard InChI is InChI=1S/C11H14O5S/c1-9-2-4-10(5-3-9)17(12,13)16-11-8-14-6-7-15-11/h2-5,11H,6-8H2,1H3. The van der Waals surface area contributed by atoms with Gasteiger partial charge in [0.25, 0.3) is 10.1 Å². The molecule has 1 heterocycles. The minimum Gasteiger partial charge on any atom is -0.374 e. The molecule has 1 unspecified atom stereocenters. The van der Waals surface area contributed by atoms with Crippen LogP contribution in [0.4, 0.5) is 0 Å². The van der Waals surface area contributed by atoms with Gasteiger partial charge < -0.3 is 9.47 Å². The van der Waals surface area contributed by atoms with Crippen molar-refractivity contribution in [1.82, 2.24) is 0 Å². The molecule has 0 radical (unpaired) electrons. The zero-order valence-corrected chi connectivity index (χ0v) is 10.3. The molecule has 2 rings (SSSR count). The van der Waals surface area contributed by atoms with Crippen LogP contribution in [0.1, 0.15) is 5.56 Å². The third kappa shape index (κ3) is 3.26. The number of benzene rings is 1. The molecule has 0 amide bonds. The number of hydrogen-bond acceptors (Lipinski definition) is 5. The first-order chi connectivity index (χ1) is 8.08. The average molecular weight is 258 g/mol. The second-order valence-electron chi connectivity index (χ2n) is 3.74. The molecule has 0 aromatic heterocycles. The van der Waals surface area contributed by atoms with Crippen LogP contribution in [0.5, 0.6) is 0 Å². The quantitative estimate of drug-likeness (QED) is 0.759. The van der Waals surface area contributed by atoms with Crippen LogP contribution in [0, 0.1) is 6.92 Å². The summed E-state index contributed by atoms with van der Waals surface area (Å²) >= 11 is 0. The van der Waals surface area contributed by atoms with E-state index in [-0.39, 0.29) is 11.5 Å². The van der Waals surface area contributed by atoms with E-state index in [0.717, 1.165) is 5.56 Å². The molecule has 94 valence electrons.